The van der Waals surface area contributed by atoms with E-state index in [4.69, 9.17) is 9.47 Å². The number of nitrogens with zero attached hydrogens (tertiary/aromatic N) is 3. The number of ether oxygens (including phenoxy) is 2. The predicted molar refractivity (Wildman–Crippen MR) is 96.0 cm³/mol. The highest BCUT2D eigenvalue weighted by Gasteiger charge is 2.31. The van der Waals surface area contributed by atoms with E-state index in [0.717, 1.165) is 51.8 Å². The summed E-state index contributed by atoms with van der Waals surface area (Å²) in [5, 5.41) is 3.12. The molecule has 2 saturated heterocycles. The second-order valence-electron chi connectivity index (χ2n) is 6.85. The van der Waals surface area contributed by atoms with E-state index in [2.05, 4.69) is 15.2 Å². The normalized spacial score (nSPS) is 22.6. The van der Waals surface area contributed by atoms with Crippen LogP contribution in [0, 0.1) is 5.92 Å². The van der Waals surface area contributed by atoms with Gasteiger partial charge >= 0.3 is 0 Å². The van der Waals surface area contributed by atoms with Gasteiger partial charge in [0, 0.05) is 64.1 Å². The van der Waals surface area contributed by atoms with Crippen molar-refractivity contribution in [3.05, 3.63) is 23.9 Å². The number of morpholine rings is 1. The van der Waals surface area contributed by atoms with Crippen LogP contribution in [0.15, 0.2) is 18.3 Å². The van der Waals surface area contributed by atoms with Gasteiger partial charge in [-0.2, -0.15) is 0 Å². The Morgan fingerprint density at radius 1 is 1.36 bits per heavy atom. The Bertz CT molecular complexity index is 569. The number of anilines is 1. The Hall–Kier alpha value is -1.70. The first-order valence-corrected chi connectivity index (χ1v) is 8.96. The second-order valence-corrected chi connectivity index (χ2v) is 6.85. The van der Waals surface area contributed by atoms with Gasteiger partial charge in [0.1, 0.15) is 5.82 Å². The van der Waals surface area contributed by atoms with Crippen LogP contribution in [0.4, 0.5) is 5.82 Å². The molecule has 3 rings (SSSR count). The van der Waals surface area contributed by atoms with E-state index in [1.807, 2.05) is 25.1 Å². The highest BCUT2D eigenvalue weighted by molar-refractivity contribution is 5.94. The summed E-state index contributed by atoms with van der Waals surface area (Å²) in [5.74, 6) is 1.19. The molecule has 7 nitrogen and oxygen atoms in total. The van der Waals surface area contributed by atoms with E-state index < -0.39 is 0 Å². The molecule has 0 radical (unpaired) electrons. The maximum atomic E-state index is 12.6. The predicted octanol–water partition coefficient (Wildman–Crippen LogP) is 0.615. The summed E-state index contributed by atoms with van der Waals surface area (Å²) in [4.78, 5) is 21.2. The fourth-order valence-corrected chi connectivity index (χ4v) is 3.46. The molecule has 0 aromatic carbocycles. The fraction of sp³-hybridized carbons (Fsp3) is 0.667. The molecular weight excluding hydrogens is 320 g/mol. The average molecular weight is 348 g/mol. The maximum Gasteiger partial charge on any atom is 0.251 e. The molecule has 7 heteroatoms. The number of carbonyl (C=O) groups is 1. The number of rotatable bonds is 6. The van der Waals surface area contributed by atoms with Crippen molar-refractivity contribution in [2.24, 2.45) is 5.92 Å². The highest BCUT2D eigenvalue weighted by Crippen LogP contribution is 2.22. The number of nitrogens with one attached hydrogen (secondary N) is 1. The van der Waals surface area contributed by atoms with Crippen molar-refractivity contribution in [2.45, 2.75) is 12.5 Å². The third kappa shape index (κ3) is 4.68. The second kappa shape index (κ2) is 8.60. The van der Waals surface area contributed by atoms with E-state index in [-0.39, 0.29) is 5.91 Å². The summed E-state index contributed by atoms with van der Waals surface area (Å²) in [6, 6.07) is 3.87. The van der Waals surface area contributed by atoms with Crippen molar-refractivity contribution in [3.63, 3.8) is 0 Å². The zero-order chi connectivity index (χ0) is 17.6. The monoisotopic (exact) mass is 348 g/mol. The van der Waals surface area contributed by atoms with Gasteiger partial charge < -0.3 is 19.7 Å². The standard InChI is InChI=1S/C18H28N4O3/c1-21(2)17-11-14(3-5-19-17)18(23)20-12-16(15-4-8-25-13-15)22-6-9-24-10-7-22/h3,5,11,15-16H,4,6-10,12-13H2,1-2H3,(H,20,23). The molecule has 2 atom stereocenters. The van der Waals surface area contributed by atoms with E-state index >= 15 is 0 Å². The van der Waals surface area contributed by atoms with E-state index in [1.165, 1.54) is 0 Å². The zero-order valence-corrected chi connectivity index (χ0v) is 15.1. The van der Waals surface area contributed by atoms with Gasteiger partial charge in [-0.1, -0.05) is 0 Å². The minimum absolute atomic E-state index is 0.0531. The van der Waals surface area contributed by atoms with Crippen molar-refractivity contribution in [2.75, 3.05) is 65.1 Å². The molecule has 1 aromatic rings. The van der Waals surface area contributed by atoms with Crippen LogP contribution in [0.2, 0.25) is 0 Å². The first-order valence-electron chi connectivity index (χ1n) is 8.96. The number of hydrogen-bond donors (Lipinski definition) is 1. The molecule has 3 heterocycles. The number of aromatic nitrogens is 1. The molecular formula is C18H28N4O3. The van der Waals surface area contributed by atoms with Crippen molar-refractivity contribution in [3.8, 4) is 0 Å². The van der Waals surface area contributed by atoms with Gasteiger partial charge in [-0.3, -0.25) is 9.69 Å². The van der Waals surface area contributed by atoms with Crippen LogP contribution in [0.1, 0.15) is 16.8 Å². The molecule has 2 unspecified atom stereocenters. The Morgan fingerprint density at radius 2 is 2.16 bits per heavy atom. The number of carbonyl (C=O) groups excluding carboxylic acids is 1. The molecule has 0 spiro atoms. The van der Waals surface area contributed by atoms with Gasteiger partial charge in [-0.15, -0.1) is 0 Å². The lowest BCUT2D eigenvalue weighted by molar-refractivity contribution is 0.00166. The Labute approximate surface area is 149 Å². The lowest BCUT2D eigenvalue weighted by atomic mass is 9.96. The summed E-state index contributed by atoms with van der Waals surface area (Å²) < 4.78 is 11.0. The Balaban J connectivity index is 1.63. The van der Waals surface area contributed by atoms with Crippen LogP contribution in [-0.2, 0) is 9.47 Å². The van der Waals surface area contributed by atoms with E-state index in [9.17, 15) is 4.79 Å². The van der Waals surface area contributed by atoms with Crippen LogP contribution >= 0.6 is 0 Å². The molecule has 0 saturated carbocycles. The third-order valence-corrected chi connectivity index (χ3v) is 4.96. The van der Waals surface area contributed by atoms with Gasteiger partial charge in [0.2, 0.25) is 0 Å². The summed E-state index contributed by atoms with van der Waals surface area (Å²) in [5.41, 5.74) is 0.641. The Morgan fingerprint density at radius 3 is 2.84 bits per heavy atom. The maximum absolute atomic E-state index is 12.6. The minimum atomic E-state index is -0.0531. The van der Waals surface area contributed by atoms with Gasteiger partial charge in [0.05, 0.1) is 19.8 Å². The molecule has 2 aliphatic rings. The van der Waals surface area contributed by atoms with Gasteiger partial charge in [-0.25, -0.2) is 4.98 Å². The summed E-state index contributed by atoms with van der Waals surface area (Å²) in [7, 11) is 3.83. The summed E-state index contributed by atoms with van der Waals surface area (Å²) in [6.07, 6.45) is 2.73. The van der Waals surface area contributed by atoms with Crippen LogP contribution in [0.3, 0.4) is 0 Å². The van der Waals surface area contributed by atoms with Crippen LogP contribution < -0.4 is 10.2 Å². The fourth-order valence-electron chi connectivity index (χ4n) is 3.46. The Kier molecular flexibility index (Phi) is 6.23. The van der Waals surface area contributed by atoms with E-state index in [0.29, 0.717) is 24.1 Å². The molecule has 1 amide bonds. The van der Waals surface area contributed by atoms with Gasteiger partial charge in [0.15, 0.2) is 0 Å². The topological polar surface area (TPSA) is 66.9 Å². The van der Waals surface area contributed by atoms with Crippen molar-refractivity contribution in [1.82, 2.24) is 15.2 Å². The van der Waals surface area contributed by atoms with Crippen molar-refractivity contribution >= 4 is 11.7 Å². The lowest BCUT2D eigenvalue weighted by Crippen LogP contribution is -2.52. The van der Waals surface area contributed by atoms with Crippen LogP contribution in [0.25, 0.3) is 0 Å². The molecule has 138 valence electrons. The van der Waals surface area contributed by atoms with Gasteiger partial charge in [0.25, 0.3) is 5.91 Å². The molecule has 25 heavy (non-hydrogen) atoms. The number of pyridine rings is 1. The average Bonchev–Trinajstić information content (AvgIpc) is 3.17. The minimum Gasteiger partial charge on any atom is -0.381 e. The van der Waals surface area contributed by atoms with E-state index in [1.54, 1.807) is 12.3 Å². The smallest absolute Gasteiger partial charge is 0.251 e. The largest absolute Gasteiger partial charge is 0.381 e. The van der Waals surface area contributed by atoms with Crippen LogP contribution in [-0.4, -0.2) is 82.0 Å². The third-order valence-electron chi connectivity index (χ3n) is 4.96. The van der Waals surface area contributed by atoms with Crippen LogP contribution in [0.5, 0.6) is 0 Å². The van der Waals surface area contributed by atoms with Gasteiger partial charge in [-0.05, 0) is 18.6 Å². The molecule has 2 aliphatic heterocycles. The quantitative estimate of drug-likeness (QED) is 0.813. The molecule has 0 bridgehead atoms. The highest BCUT2D eigenvalue weighted by atomic mass is 16.5. The zero-order valence-electron chi connectivity index (χ0n) is 15.1. The first kappa shape index (κ1) is 18.1. The summed E-state index contributed by atoms with van der Waals surface area (Å²) in [6.45, 7) is 5.57. The summed E-state index contributed by atoms with van der Waals surface area (Å²) >= 11 is 0. The molecule has 0 aliphatic carbocycles. The number of hydrogen-bond acceptors (Lipinski definition) is 6. The molecule has 1 N–H and O–H groups in total. The number of amides is 1. The molecule has 1 aromatic heterocycles. The van der Waals surface area contributed by atoms with Crippen molar-refractivity contribution in [1.29, 1.82) is 0 Å². The van der Waals surface area contributed by atoms with Crippen molar-refractivity contribution < 1.29 is 14.3 Å². The first-order chi connectivity index (χ1) is 12.1. The SMILES string of the molecule is CN(C)c1cc(C(=O)NCC(C2CCOC2)N2CCOCC2)ccn1. The molecule has 2 fully saturated rings. The lowest BCUT2D eigenvalue weighted by Gasteiger charge is -2.37.